The number of anilines is 2. The van der Waals surface area contributed by atoms with Gasteiger partial charge in [0, 0.05) is 48.1 Å². The van der Waals surface area contributed by atoms with Crippen LogP contribution < -0.4 is 20.2 Å². The predicted molar refractivity (Wildman–Crippen MR) is 205 cm³/mol. The summed E-state index contributed by atoms with van der Waals surface area (Å²) >= 11 is 12.7. The Morgan fingerprint density at radius 3 is 2.17 bits per heavy atom. The highest BCUT2D eigenvalue weighted by molar-refractivity contribution is 6.35. The van der Waals surface area contributed by atoms with Gasteiger partial charge in [0.25, 0.3) is 0 Å². The molecule has 2 saturated heterocycles. The number of nitrogens with zero attached hydrogens (tertiary/aromatic N) is 8. The molecule has 3 aromatic carbocycles. The summed E-state index contributed by atoms with van der Waals surface area (Å²) in [4.78, 5) is 21.6. The van der Waals surface area contributed by atoms with Crippen molar-refractivity contribution in [2.24, 2.45) is 0 Å². The maximum absolute atomic E-state index is 12.8. The zero-order chi connectivity index (χ0) is 37.4. The van der Waals surface area contributed by atoms with Gasteiger partial charge in [-0.2, -0.15) is 10.2 Å². The van der Waals surface area contributed by atoms with Crippen molar-refractivity contribution in [3.63, 3.8) is 0 Å². The van der Waals surface area contributed by atoms with Crippen LogP contribution in [-0.2, 0) is 21.8 Å². The zero-order valence-corrected chi connectivity index (χ0v) is 31.6. The second-order valence-corrected chi connectivity index (χ2v) is 13.7. The largest absolute Gasteiger partial charge is 0.491 e. The van der Waals surface area contributed by atoms with Crippen LogP contribution in [-0.4, -0.2) is 79.7 Å². The lowest BCUT2D eigenvalue weighted by molar-refractivity contribution is -0.190. The Morgan fingerprint density at radius 2 is 1.58 bits per heavy atom. The molecular formula is C38H45Cl2N8O5. The molecule has 0 saturated carbocycles. The second-order valence-electron chi connectivity index (χ2n) is 12.9. The van der Waals surface area contributed by atoms with Gasteiger partial charge in [0.15, 0.2) is 0 Å². The fourth-order valence-corrected chi connectivity index (χ4v) is 6.79. The molecule has 0 aliphatic carbocycles. The highest BCUT2D eigenvalue weighted by atomic mass is 35.5. The molecular weight excluding hydrogens is 719 g/mol. The quantitative estimate of drug-likeness (QED) is 0.150. The number of benzene rings is 3. The normalized spacial score (nSPS) is 19.2. The molecule has 3 atom stereocenters. The van der Waals surface area contributed by atoms with Crippen molar-refractivity contribution in [2.45, 2.75) is 58.1 Å². The molecule has 5 aromatic rings. The molecule has 15 heteroatoms. The Kier molecular flexibility index (Phi) is 12.7. The van der Waals surface area contributed by atoms with E-state index in [1.165, 1.54) is 11.0 Å². The maximum atomic E-state index is 12.8. The Balaban J connectivity index is 0.00000114. The lowest BCUT2D eigenvalue weighted by Crippen LogP contribution is -2.46. The molecule has 53 heavy (non-hydrogen) atoms. The summed E-state index contributed by atoms with van der Waals surface area (Å²) in [7, 11) is 0. The van der Waals surface area contributed by atoms with Crippen LogP contribution in [0, 0.1) is 6.61 Å². The number of piperazine rings is 1. The second kappa shape index (κ2) is 17.6. The molecule has 1 N–H and O–H groups in total. The smallest absolute Gasteiger partial charge is 0.350 e. The van der Waals surface area contributed by atoms with Gasteiger partial charge in [-0.15, -0.1) is 0 Å². The molecule has 2 aliphatic rings. The molecule has 2 aliphatic heterocycles. The number of aliphatic hydroxyl groups is 1. The molecule has 281 valence electrons. The van der Waals surface area contributed by atoms with E-state index in [1.54, 1.807) is 34.0 Å². The van der Waals surface area contributed by atoms with Gasteiger partial charge in [0.1, 0.15) is 44.0 Å². The van der Waals surface area contributed by atoms with Crippen LogP contribution in [0.4, 0.5) is 11.4 Å². The van der Waals surface area contributed by atoms with Crippen LogP contribution in [0.3, 0.4) is 0 Å². The third-order valence-corrected chi connectivity index (χ3v) is 9.88. The topological polar surface area (TPSA) is 125 Å². The van der Waals surface area contributed by atoms with Crippen molar-refractivity contribution >= 4 is 34.6 Å². The standard InChI is InChI=1S/C35H38Cl2N8O4.C3H7O/c1-3-25(2)45-34(46)44(24-40-45)29-7-5-27(6-8-29)41-14-16-42(17-15-41)28-9-11-30(12-10-28)47-19-31-20-48-35(49-31,21-43-23-38-22-39-43)32-13-4-26(36)18-33(32)37;1-2-3-4/h4-13,18,22-25,31H,3,14-17,19-21H2,1-2H3;3-4H,2H2,1H3/t25?,31-,35-;/m0./s1. The lowest BCUT2D eigenvalue weighted by atomic mass is 10.1. The number of rotatable bonds is 12. The van der Waals surface area contributed by atoms with Crippen LogP contribution in [0.15, 0.2) is 90.5 Å². The molecule has 0 amide bonds. The summed E-state index contributed by atoms with van der Waals surface area (Å²) in [6, 6.07) is 21.6. The van der Waals surface area contributed by atoms with Gasteiger partial charge in [-0.3, -0.25) is 0 Å². The minimum atomic E-state index is -1.16. The van der Waals surface area contributed by atoms with Crippen molar-refractivity contribution in [3.05, 3.63) is 118 Å². The van der Waals surface area contributed by atoms with Gasteiger partial charge in [-0.1, -0.05) is 43.1 Å². The number of ether oxygens (including phenoxy) is 3. The van der Waals surface area contributed by atoms with E-state index in [4.69, 9.17) is 42.5 Å². The summed E-state index contributed by atoms with van der Waals surface area (Å²) in [6.45, 7) is 11.5. The minimum Gasteiger partial charge on any atom is -0.491 e. The SMILES string of the molecule is CCC(C)n1ncn(-c2ccc(N3CCN(c4ccc(OC[C@H]5CO[C@](Cn6cncn6)(c6ccc(Cl)cc6Cl)O5)cc4)CC3)cc2)c1=O.CC[CH]O. The Morgan fingerprint density at radius 1 is 0.943 bits per heavy atom. The molecule has 0 bridgehead atoms. The highest BCUT2D eigenvalue weighted by Gasteiger charge is 2.45. The van der Waals surface area contributed by atoms with E-state index in [1.807, 2.05) is 51.1 Å². The summed E-state index contributed by atoms with van der Waals surface area (Å²) in [5.74, 6) is -0.410. The van der Waals surface area contributed by atoms with E-state index in [9.17, 15) is 4.79 Å². The third-order valence-electron chi connectivity index (χ3n) is 9.33. The number of halogens is 2. The number of hydrogen-bond acceptors (Lipinski definition) is 10. The van der Waals surface area contributed by atoms with Crippen LogP contribution in [0.2, 0.25) is 10.0 Å². The van der Waals surface area contributed by atoms with E-state index in [2.05, 4.69) is 49.2 Å². The summed E-state index contributed by atoms with van der Waals surface area (Å²) in [6.07, 6.45) is 5.94. The molecule has 1 unspecified atom stereocenters. The first-order valence-corrected chi connectivity index (χ1v) is 18.5. The van der Waals surface area contributed by atoms with Crippen molar-refractivity contribution in [3.8, 4) is 11.4 Å². The van der Waals surface area contributed by atoms with Gasteiger partial charge in [-0.05, 0) is 80.4 Å². The molecule has 7 rings (SSSR count). The van der Waals surface area contributed by atoms with Crippen LogP contribution >= 0.6 is 23.2 Å². The fraction of sp³-hybridized carbons (Fsp3) is 0.395. The first-order chi connectivity index (χ1) is 25.7. The van der Waals surface area contributed by atoms with Gasteiger partial charge in [0.05, 0.1) is 30.0 Å². The summed E-state index contributed by atoms with van der Waals surface area (Å²) < 4.78 is 23.7. The molecule has 1 radical (unpaired) electrons. The van der Waals surface area contributed by atoms with Crippen molar-refractivity contribution in [1.82, 2.24) is 29.1 Å². The van der Waals surface area contributed by atoms with Crippen LogP contribution in [0.5, 0.6) is 5.75 Å². The van der Waals surface area contributed by atoms with Gasteiger partial charge in [0.2, 0.25) is 5.79 Å². The van der Waals surface area contributed by atoms with Gasteiger partial charge in [-0.25, -0.2) is 23.7 Å². The summed E-state index contributed by atoms with van der Waals surface area (Å²) in [5.41, 5.74) is 3.64. The Hall–Kier alpha value is -4.40. The van der Waals surface area contributed by atoms with E-state index in [-0.39, 0.29) is 24.4 Å². The van der Waals surface area contributed by atoms with E-state index in [0.717, 1.165) is 68.4 Å². The average Bonchev–Trinajstić information content (AvgIpc) is 3.95. The molecule has 2 fully saturated rings. The Bertz CT molecular complexity index is 1940. The van der Waals surface area contributed by atoms with Gasteiger partial charge >= 0.3 is 5.69 Å². The molecule has 13 nitrogen and oxygen atoms in total. The molecule has 0 spiro atoms. The van der Waals surface area contributed by atoms with E-state index >= 15 is 0 Å². The average molecular weight is 765 g/mol. The Labute approximate surface area is 319 Å². The van der Waals surface area contributed by atoms with Crippen molar-refractivity contribution < 1.29 is 19.3 Å². The van der Waals surface area contributed by atoms with E-state index in [0.29, 0.717) is 28.8 Å². The fourth-order valence-electron chi connectivity index (χ4n) is 6.24. The maximum Gasteiger partial charge on any atom is 0.350 e. The highest BCUT2D eigenvalue weighted by Crippen LogP contribution is 2.40. The van der Waals surface area contributed by atoms with Gasteiger partial charge < -0.3 is 29.1 Å². The molecule has 4 heterocycles. The number of hydrogen-bond donors (Lipinski definition) is 1. The first kappa shape index (κ1) is 38.3. The van der Waals surface area contributed by atoms with Crippen LogP contribution in [0.25, 0.3) is 5.69 Å². The monoisotopic (exact) mass is 763 g/mol. The van der Waals surface area contributed by atoms with E-state index < -0.39 is 5.79 Å². The summed E-state index contributed by atoms with van der Waals surface area (Å²) in [5, 5.41) is 17.3. The predicted octanol–water partition coefficient (Wildman–Crippen LogP) is 6.51. The first-order valence-electron chi connectivity index (χ1n) is 17.8. The molecule has 2 aromatic heterocycles. The van der Waals surface area contributed by atoms with Crippen molar-refractivity contribution in [1.29, 1.82) is 0 Å². The number of aromatic nitrogens is 6. The zero-order valence-electron chi connectivity index (χ0n) is 30.1. The lowest BCUT2D eigenvalue weighted by Gasteiger charge is -2.37. The number of aliphatic hydroxyl groups excluding tert-OH is 1. The third kappa shape index (κ3) is 9.05. The van der Waals surface area contributed by atoms with Crippen molar-refractivity contribution in [2.75, 3.05) is 49.2 Å². The van der Waals surface area contributed by atoms with Crippen LogP contribution in [0.1, 0.15) is 45.2 Å². The minimum absolute atomic E-state index is 0.0645.